The molecular formula is C16H21NO4. The number of rotatable bonds is 4. The summed E-state index contributed by atoms with van der Waals surface area (Å²) in [7, 11) is 0. The van der Waals surface area contributed by atoms with Crippen LogP contribution in [0.1, 0.15) is 32.8 Å². The molecule has 0 atom stereocenters. The van der Waals surface area contributed by atoms with Crippen LogP contribution in [-0.2, 0) is 4.74 Å². The third-order valence-corrected chi connectivity index (χ3v) is 2.69. The van der Waals surface area contributed by atoms with Crippen molar-refractivity contribution < 1.29 is 19.0 Å². The summed E-state index contributed by atoms with van der Waals surface area (Å²) in [6, 6.07) is 5.78. The van der Waals surface area contributed by atoms with E-state index in [-0.39, 0.29) is 12.9 Å². The van der Waals surface area contributed by atoms with Crippen molar-refractivity contribution in [2.24, 2.45) is 0 Å². The molecule has 0 saturated heterocycles. The van der Waals surface area contributed by atoms with Crippen molar-refractivity contribution in [3.63, 3.8) is 0 Å². The van der Waals surface area contributed by atoms with Crippen LogP contribution in [0.5, 0.6) is 11.5 Å². The van der Waals surface area contributed by atoms with Crippen molar-refractivity contribution in [1.29, 1.82) is 0 Å². The highest BCUT2D eigenvalue weighted by Crippen LogP contribution is 2.32. The van der Waals surface area contributed by atoms with E-state index >= 15 is 0 Å². The highest BCUT2D eigenvalue weighted by atomic mass is 16.7. The first-order valence-corrected chi connectivity index (χ1v) is 6.97. The van der Waals surface area contributed by atoms with Crippen molar-refractivity contribution in [3.05, 3.63) is 29.8 Å². The van der Waals surface area contributed by atoms with Crippen molar-refractivity contribution in [2.75, 3.05) is 13.3 Å². The van der Waals surface area contributed by atoms with E-state index in [1.54, 1.807) is 0 Å². The number of nitrogens with one attached hydrogen (secondary N) is 1. The van der Waals surface area contributed by atoms with Gasteiger partial charge >= 0.3 is 6.09 Å². The van der Waals surface area contributed by atoms with Gasteiger partial charge in [0.25, 0.3) is 0 Å². The van der Waals surface area contributed by atoms with Crippen LogP contribution in [0.3, 0.4) is 0 Å². The third-order valence-electron chi connectivity index (χ3n) is 2.69. The first kappa shape index (κ1) is 15.2. The standard InChI is InChI=1S/C16H21NO4/c1-16(2,3)21-15(18)17-9-5-4-6-12-7-8-13-14(10-12)20-11-19-13/h4,6-8,10H,5,9,11H2,1-3H3,(H,17,18). The molecule has 1 amide bonds. The van der Waals surface area contributed by atoms with Crippen LogP contribution in [0.25, 0.3) is 6.08 Å². The topological polar surface area (TPSA) is 56.8 Å². The monoisotopic (exact) mass is 291 g/mol. The van der Waals surface area contributed by atoms with Gasteiger partial charge < -0.3 is 19.5 Å². The van der Waals surface area contributed by atoms with E-state index in [0.717, 1.165) is 23.5 Å². The number of amides is 1. The molecule has 0 spiro atoms. The second kappa shape index (κ2) is 6.52. The Morgan fingerprint density at radius 1 is 1.33 bits per heavy atom. The maximum Gasteiger partial charge on any atom is 0.407 e. The first-order valence-electron chi connectivity index (χ1n) is 6.97. The molecule has 5 nitrogen and oxygen atoms in total. The number of benzene rings is 1. The van der Waals surface area contributed by atoms with Gasteiger partial charge in [-0.05, 0) is 44.9 Å². The molecule has 1 aliphatic rings. The van der Waals surface area contributed by atoms with Gasteiger partial charge in [0, 0.05) is 6.54 Å². The Morgan fingerprint density at radius 3 is 2.86 bits per heavy atom. The smallest absolute Gasteiger partial charge is 0.407 e. The molecule has 1 N–H and O–H groups in total. The number of ether oxygens (including phenoxy) is 3. The van der Waals surface area contributed by atoms with Gasteiger partial charge in [0.15, 0.2) is 11.5 Å². The molecule has 0 aromatic heterocycles. The van der Waals surface area contributed by atoms with Crippen LogP contribution in [-0.4, -0.2) is 25.0 Å². The van der Waals surface area contributed by atoms with Crippen LogP contribution >= 0.6 is 0 Å². The van der Waals surface area contributed by atoms with E-state index in [2.05, 4.69) is 5.32 Å². The summed E-state index contributed by atoms with van der Waals surface area (Å²) < 4.78 is 15.7. The minimum Gasteiger partial charge on any atom is -0.454 e. The Bertz CT molecular complexity index is 532. The fourth-order valence-electron chi connectivity index (χ4n) is 1.81. The lowest BCUT2D eigenvalue weighted by Gasteiger charge is -2.19. The number of hydrogen-bond donors (Lipinski definition) is 1. The van der Waals surface area contributed by atoms with Crippen molar-refractivity contribution in [3.8, 4) is 11.5 Å². The molecule has 5 heteroatoms. The lowest BCUT2D eigenvalue weighted by Crippen LogP contribution is -2.32. The molecule has 2 rings (SSSR count). The summed E-state index contributed by atoms with van der Waals surface area (Å²) in [5.41, 5.74) is 0.573. The molecule has 0 bridgehead atoms. The van der Waals surface area contributed by atoms with Gasteiger partial charge in [-0.15, -0.1) is 0 Å². The minimum atomic E-state index is -0.466. The summed E-state index contributed by atoms with van der Waals surface area (Å²) in [4.78, 5) is 11.4. The van der Waals surface area contributed by atoms with Gasteiger partial charge in [0.1, 0.15) is 5.60 Å². The van der Waals surface area contributed by atoms with Gasteiger partial charge in [-0.1, -0.05) is 18.2 Å². The Balaban J connectivity index is 1.72. The number of carbonyl (C=O) groups is 1. The lowest BCUT2D eigenvalue weighted by molar-refractivity contribution is 0.0529. The first-order chi connectivity index (χ1) is 9.94. The summed E-state index contributed by atoms with van der Waals surface area (Å²) >= 11 is 0. The van der Waals surface area contributed by atoms with E-state index in [4.69, 9.17) is 14.2 Å². The number of alkyl carbamates (subject to hydrolysis) is 1. The maximum absolute atomic E-state index is 11.4. The largest absolute Gasteiger partial charge is 0.454 e. The normalized spacial score (nSPS) is 13.5. The van der Waals surface area contributed by atoms with Crippen molar-refractivity contribution in [1.82, 2.24) is 5.32 Å². The Labute approximate surface area is 124 Å². The van der Waals surface area contributed by atoms with Gasteiger partial charge in [-0.3, -0.25) is 0 Å². The average Bonchev–Trinajstić information content (AvgIpc) is 2.83. The summed E-state index contributed by atoms with van der Waals surface area (Å²) in [6.45, 7) is 6.34. The molecule has 1 aliphatic heterocycles. The Hall–Kier alpha value is -2.17. The van der Waals surface area contributed by atoms with Crippen molar-refractivity contribution in [2.45, 2.75) is 32.8 Å². The fourth-order valence-corrected chi connectivity index (χ4v) is 1.81. The van der Waals surface area contributed by atoms with Crippen LogP contribution in [0.2, 0.25) is 0 Å². The fraction of sp³-hybridized carbons (Fsp3) is 0.438. The second-order valence-corrected chi connectivity index (χ2v) is 5.73. The molecule has 0 aliphatic carbocycles. The number of carbonyl (C=O) groups excluding carboxylic acids is 1. The molecule has 0 unspecified atom stereocenters. The third kappa shape index (κ3) is 5.02. The molecule has 1 aromatic rings. The zero-order valence-corrected chi connectivity index (χ0v) is 12.6. The SMILES string of the molecule is CC(C)(C)OC(=O)NCCC=Cc1ccc2c(c1)OCO2. The van der Waals surface area contributed by atoms with Crippen molar-refractivity contribution >= 4 is 12.2 Å². The second-order valence-electron chi connectivity index (χ2n) is 5.73. The minimum absolute atomic E-state index is 0.280. The van der Waals surface area contributed by atoms with Gasteiger partial charge in [-0.25, -0.2) is 4.79 Å². The van der Waals surface area contributed by atoms with E-state index in [0.29, 0.717) is 6.54 Å². The maximum atomic E-state index is 11.4. The average molecular weight is 291 g/mol. The Morgan fingerprint density at radius 2 is 2.10 bits per heavy atom. The highest BCUT2D eigenvalue weighted by Gasteiger charge is 2.15. The molecule has 0 saturated carbocycles. The van der Waals surface area contributed by atoms with Crippen LogP contribution in [0.4, 0.5) is 4.79 Å². The number of fused-ring (bicyclic) bond motifs is 1. The zero-order valence-electron chi connectivity index (χ0n) is 12.6. The predicted octanol–water partition coefficient (Wildman–Crippen LogP) is 3.34. The van der Waals surface area contributed by atoms with Crippen LogP contribution in [0.15, 0.2) is 24.3 Å². The van der Waals surface area contributed by atoms with Gasteiger partial charge in [0.2, 0.25) is 6.79 Å². The van der Waals surface area contributed by atoms with E-state index in [1.165, 1.54) is 0 Å². The summed E-state index contributed by atoms with van der Waals surface area (Å²) in [5.74, 6) is 1.54. The molecule has 114 valence electrons. The summed E-state index contributed by atoms with van der Waals surface area (Å²) in [5, 5.41) is 2.71. The molecule has 0 fully saturated rings. The molecule has 21 heavy (non-hydrogen) atoms. The Kier molecular flexibility index (Phi) is 4.73. The quantitative estimate of drug-likeness (QED) is 0.864. The van der Waals surface area contributed by atoms with Gasteiger partial charge in [0.05, 0.1) is 0 Å². The van der Waals surface area contributed by atoms with Crippen LogP contribution in [0, 0.1) is 0 Å². The molecule has 0 radical (unpaired) electrons. The molecule has 1 aromatic carbocycles. The lowest BCUT2D eigenvalue weighted by atomic mass is 10.2. The van der Waals surface area contributed by atoms with Gasteiger partial charge in [-0.2, -0.15) is 0 Å². The van der Waals surface area contributed by atoms with E-state index in [9.17, 15) is 4.79 Å². The van der Waals surface area contributed by atoms with E-state index in [1.807, 2.05) is 51.1 Å². The predicted molar refractivity (Wildman–Crippen MR) is 80.5 cm³/mol. The van der Waals surface area contributed by atoms with E-state index < -0.39 is 5.60 Å². The number of hydrogen-bond acceptors (Lipinski definition) is 4. The molecular weight excluding hydrogens is 270 g/mol. The molecule has 1 heterocycles. The summed E-state index contributed by atoms with van der Waals surface area (Å²) in [6.07, 6.45) is 4.32. The zero-order chi connectivity index (χ0) is 15.3. The van der Waals surface area contributed by atoms with Crippen LogP contribution < -0.4 is 14.8 Å². The highest BCUT2D eigenvalue weighted by molar-refractivity contribution is 5.67.